The van der Waals surface area contributed by atoms with Gasteiger partial charge in [-0.05, 0) is 12.1 Å². The number of para-hydroxylation sites is 2. The average molecular weight is 303 g/mol. The number of anilines is 4. The van der Waals surface area contributed by atoms with E-state index in [2.05, 4.69) is 15.2 Å². The number of rotatable bonds is 2. The fourth-order valence-electron chi connectivity index (χ4n) is 2.43. The lowest BCUT2D eigenvalue weighted by molar-refractivity contribution is 0.0991. The molecule has 0 fully saturated rings. The Morgan fingerprint density at radius 1 is 1.33 bits per heavy atom. The Hall–Kier alpha value is -2.28. The third-order valence-corrected chi connectivity index (χ3v) is 4.63. The van der Waals surface area contributed by atoms with Crippen molar-refractivity contribution in [1.82, 2.24) is 4.98 Å². The Morgan fingerprint density at radius 2 is 2.05 bits per heavy atom. The summed E-state index contributed by atoms with van der Waals surface area (Å²) in [5.41, 5.74) is 7.84. The predicted molar refractivity (Wildman–Crippen MR) is 87.5 cm³/mol. The van der Waals surface area contributed by atoms with Gasteiger partial charge in [0, 0.05) is 27.2 Å². The summed E-state index contributed by atoms with van der Waals surface area (Å²) in [7, 11) is 3.79. The number of carbonyl (C=O) groups excluding carboxylic acids is 1. The van der Waals surface area contributed by atoms with Crippen molar-refractivity contribution < 1.29 is 4.79 Å². The van der Waals surface area contributed by atoms with E-state index < -0.39 is 0 Å². The number of hydrogen-bond acceptors (Lipinski definition) is 6. The van der Waals surface area contributed by atoms with Crippen LogP contribution in [0.4, 0.5) is 22.3 Å². The molecule has 2 heterocycles. The van der Waals surface area contributed by atoms with Crippen LogP contribution in [0.3, 0.4) is 0 Å². The van der Waals surface area contributed by atoms with Crippen LogP contribution in [0, 0.1) is 0 Å². The Labute approximate surface area is 127 Å². The summed E-state index contributed by atoms with van der Waals surface area (Å²) in [4.78, 5) is 21.3. The molecular weight excluding hydrogens is 286 g/mol. The molecule has 0 saturated carbocycles. The summed E-state index contributed by atoms with van der Waals surface area (Å²) in [6.07, 6.45) is 0. The number of aromatic nitrogens is 1. The number of fused-ring (bicyclic) bond motifs is 1. The molecule has 0 aliphatic carbocycles. The van der Waals surface area contributed by atoms with E-state index in [1.165, 1.54) is 11.3 Å². The molecule has 1 aromatic heterocycles. The van der Waals surface area contributed by atoms with Gasteiger partial charge in [-0.2, -0.15) is 0 Å². The third-order valence-electron chi connectivity index (χ3n) is 3.55. The maximum absolute atomic E-state index is 12.8. The van der Waals surface area contributed by atoms with Gasteiger partial charge in [-0.1, -0.05) is 23.5 Å². The molecule has 1 amide bonds. The van der Waals surface area contributed by atoms with Gasteiger partial charge in [0.1, 0.15) is 10.7 Å². The van der Waals surface area contributed by atoms with E-state index in [9.17, 15) is 4.79 Å². The highest BCUT2D eigenvalue weighted by Crippen LogP contribution is 2.35. The van der Waals surface area contributed by atoms with Gasteiger partial charge in [0.2, 0.25) is 0 Å². The molecule has 0 radical (unpaired) electrons. The van der Waals surface area contributed by atoms with Crippen molar-refractivity contribution in [2.75, 3.05) is 48.0 Å². The van der Waals surface area contributed by atoms with Crippen LogP contribution in [-0.4, -0.2) is 38.1 Å². The molecule has 110 valence electrons. The summed E-state index contributed by atoms with van der Waals surface area (Å²) in [5, 5.41) is 3.57. The van der Waals surface area contributed by atoms with Crippen LogP contribution in [-0.2, 0) is 0 Å². The lowest BCUT2D eigenvalue weighted by Crippen LogP contribution is -2.42. The Morgan fingerprint density at radius 3 is 2.71 bits per heavy atom. The molecule has 0 saturated heterocycles. The molecule has 0 atom stereocenters. The average Bonchev–Trinajstić information content (AvgIpc) is 2.88. The largest absolute Gasteiger partial charge is 0.382 e. The van der Waals surface area contributed by atoms with Crippen LogP contribution < -0.4 is 20.9 Å². The monoisotopic (exact) mass is 303 g/mol. The topological polar surface area (TPSA) is 74.5 Å². The molecule has 0 spiro atoms. The second kappa shape index (κ2) is 5.25. The maximum Gasteiger partial charge on any atom is 0.272 e. The molecule has 0 bridgehead atoms. The molecule has 1 aliphatic rings. The molecule has 3 rings (SSSR count). The van der Waals surface area contributed by atoms with Gasteiger partial charge in [-0.25, -0.2) is 4.98 Å². The zero-order chi connectivity index (χ0) is 15.0. The summed E-state index contributed by atoms with van der Waals surface area (Å²) in [5.74, 6) is 0.192. The van der Waals surface area contributed by atoms with Crippen LogP contribution in [0.1, 0.15) is 9.67 Å². The minimum atomic E-state index is -0.0907. The maximum atomic E-state index is 12.8. The first-order chi connectivity index (χ1) is 10.1. The standard InChI is InChI=1S/C14H17N5OS/c1-16-14-17-12(15)11(21-14)13(20)19-8-7-18(2)9-5-3-4-6-10(9)19/h3-6H,7-8,15H2,1-2H3,(H,16,17). The van der Waals surface area contributed by atoms with E-state index in [1.807, 2.05) is 31.3 Å². The summed E-state index contributed by atoms with van der Waals surface area (Å²) < 4.78 is 0. The molecule has 6 nitrogen and oxygen atoms in total. The summed E-state index contributed by atoms with van der Waals surface area (Å²) in [6.45, 7) is 1.43. The molecule has 2 aromatic rings. The first kappa shape index (κ1) is 13.7. The predicted octanol–water partition coefficient (Wildman–Crippen LogP) is 1.86. The van der Waals surface area contributed by atoms with Crippen molar-refractivity contribution in [1.29, 1.82) is 0 Å². The zero-order valence-electron chi connectivity index (χ0n) is 12.0. The van der Waals surface area contributed by atoms with Crippen LogP contribution in [0.15, 0.2) is 24.3 Å². The van der Waals surface area contributed by atoms with Crippen molar-refractivity contribution in [3.8, 4) is 0 Å². The second-order valence-corrected chi connectivity index (χ2v) is 5.85. The third kappa shape index (κ3) is 2.29. The highest BCUT2D eigenvalue weighted by Gasteiger charge is 2.28. The van der Waals surface area contributed by atoms with Crippen molar-refractivity contribution in [3.05, 3.63) is 29.1 Å². The second-order valence-electron chi connectivity index (χ2n) is 4.85. The van der Waals surface area contributed by atoms with E-state index in [4.69, 9.17) is 5.73 Å². The minimum absolute atomic E-state index is 0.0907. The number of benzene rings is 1. The number of carbonyl (C=O) groups is 1. The zero-order valence-corrected chi connectivity index (χ0v) is 12.8. The quantitative estimate of drug-likeness (QED) is 0.886. The van der Waals surface area contributed by atoms with Gasteiger partial charge < -0.3 is 20.9 Å². The highest BCUT2D eigenvalue weighted by molar-refractivity contribution is 7.18. The van der Waals surface area contributed by atoms with Crippen LogP contribution in [0.25, 0.3) is 0 Å². The number of thiazole rings is 1. The summed E-state index contributed by atoms with van der Waals surface area (Å²) in [6, 6.07) is 7.89. The number of nitrogens with two attached hydrogens (primary N) is 1. The number of nitrogens with one attached hydrogen (secondary N) is 1. The van der Waals surface area contributed by atoms with Crippen LogP contribution >= 0.6 is 11.3 Å². The smallest absolute Gasteiger partial charge is 0.272 e. The van der Waals surface area contributed by atoms with Crippen molar-refractivity contribution in [3.63, 3.8) is 0 Å². The fraction of sp³-hybridized carbons (Fsp3) is 0.286. The fourth-order valence-corrected chi connectivity index (χ4v) is 3.22. The van der Waals surface area contributed by atoms with Gasteiger partial charge in [0.25, 0.3) is 5.91 Å². The Bertz CT molecular complexity index is 684. The number of amides is 1. The number of likely N-dealkylation sites (N-methyl/N-ethyl adjacent to an activating group) is 1. The Kier molecular flexibility index (Phi) is 3.42. The van der Waals surface area contributed by atoms with Crippen LogP contribution in [0.5, 0.6) is 0 Å². The van der Waals surface area contributed by atoms with Crippen molar-refractivity contribution in [2.24, 2.45) is 0 Å². The molecule has 3 N–H and O–H groups in total. The van der Waals surface area contributed by atoms with Gasteiger partial charge >= 0.3 is 0 Å². The first-order valence-corrected chi connectivity index (χ1v) is 7.49. The molecule has 0 unspecified atom stereocenters. The summed E-state index contributed by atoms with van der Waals surface area (Å²) >= 11 is 1.28. The van der Waals surface area contributed by atoms with E-state index >= 15 is 0 Å². The molecule has 1 aliphatic heterocycles. The van der Waals surface area contributed by atoms with Crippen molar-refractivity contribution >= 4 is 39.6 Å². The van der Waals surface area contributed by atoms with Gasteiger partial charge in [-0.3, -0.25) is 4.79 Å². The van der Waals surface area contributed by atoms with Crippen LogP contribution in [0.2, 0.25) is 0 Å². The van der Waals surface area contributed by atoms with E-state index in [-0.39, 0.29) is 11.7 Å². The normalized spacial score (nSPS) is 14.0. The van der Waals surface area contributed by atoms with E-state index in [1.54, 1.807) is 11.9 Å². The Balaban J connectivity index is 1.99. The molecular formula is C14H17N5OS. The van der Waals surface area contributed by atoms with Crippen molar-refractivity contribution in [2.45, 2.75) is 0 Å². The molecule has 1 aromatic carbocycles. The number of nitrogen functional groups attached to an aromatic ring is 1. The number of hydrogen-bond donors (Lipinski definition) is 2. The molecule has 7 heteroatoms. The highest BCUT2D eigenvalue weighted by atomic mass is 32.1. The van der Waals surface area contributed by atoms with E-state index in [0.29, 0.717) is 16.6 Å². The van der Waals surface area contributed by atoms with Gasteiger partial charge in [0.05, 0.1) is 11.4 Å². The minimum Gasteiger partial charge on any atom is -0.382 e. The van der Waals surface area contributed by atoms with Gasteiger partial charge in [-0.15, -0.1) is 0 Å². The first-order valence-electron chi connectivity index (χ1n) is 6.68. The van der Waals surface area contributed by atoms with Gasteiger partial charge in [0.15, 0.2) is 5.13 Å². The lowest BCUT2D eigenvalue weighted by atomic mass is 10.1. The molecule has 21 heavy (non-hydrogen) atoms. The number of nitrogens with zero attached hydrogens (tertiary/aromatic N) is 3. The SMILES string of the molecule is CNc1nc(N)c(C(=O)N2CCN(C)c3ccccc32)s1. The van der Waals surface area contributed by atoms with E-state index in [0.717, 1.165) is 17.9 Å². The lowest BCUT2D eigenvalue weighted by Gasteiger charge is -2.35.